The number of para-hydroxylation sites is 1. The largest absolute Gasteiger partial charge is 0.326 e. The third-order valence-corrected chi connectivity index (χ3v) is 5.58. The molecule has 1 aromatic heterocycles. The number of amides is 1. The van der Waals surface area contributed by atoms with E-state index in [0.29, 0.717) is 10.9 Å². The molecule has 3 nitrogen and oxygen atoms in total. The van der Waals surface area contributed by atoms with Gasteiger partial charge in [0.1, 0.15) is 0 Å². The van der Waals surface area contributed by atoms with E-state index in [2.05, 4.69) is 34.6 Å². The number of anilines is 1. The number of carbonyl (C=O) groups excluding carboxylic acids is 1. The van der Waals surface area contributed by atoms with Gasteiger partial charge < -0.3 is 5.32 Å². The van der Waals surface area contributed by atoms with Crippen molar-refractivity contribution in [1.82, 2.24) is 4.98 Å². The summed E-state index contributed by atoms with van der Waals surface area (Å²) in [7, 11) is 0. The summed E-state index contributed by atoms with van der Waals surface area (Å²) >= 11 is 5.90. The normalized spacial score (nSPS) is 20.0. The molecule has 1 aliphatic carbocycles. The minimum Gasteiger partial charge on any atom is -0.326 e. The van der Waals surface area contributed by atoms with E-state index in [1.807, 2.05) is 24.4 Å². The van der Waals surface area contributed by atoms with Crippen molar-refractivity contribution in [2.45, 2.75) is 31.6 Å². The Bertz CT molecular complexity index is 910. The number of pyridine rings is 1. The molecule has 26 heavy (non-hydrogen) atoms. The van der Waals surface area contributed by atoms with E-state index < -0.39 is 0 Å². The van der Waals surface area contributed by atoms with E-state index in [0.717, 1.165) is 36.9 Å². The highest BCUT2D eigenvalue weighted by Crippen LogP contribution is 2.38. The molecule has 1 aliphatic rings. The summed E-state index contributed by atoms with van der Waals surface area (Å²) in [5, 5.41) is 4.93. The van der Waals surface area contributed by atoms with Gasteiger partial charge in [-0.3, -0.25) is 9.78 Å². The fourth-order valence-corrected chi connectivity index (χ4v) is 4.04. The van der Waals surface area contributed by atoms with E-state index in [1.54, 1.807) is 12.1 Å². The van der Waals surface area contributed by atoms with Crippen LogP contribution in [0.3, 0.4) is 0 Å². The van der Waals surface area contributed by atoms with Crippen LogP contribution in [0.25, 0.3) is 10.9 Å². The molecule has 1 N–H and O–H groups in total. The zero-order chi connectivity index (χ0) is 17.9. The smallest absolute Gasteiger partial charge is 0.227 e. The number of benzene rings is 2. The van der Waals surface area contributed by atoms with Gasteiger partial charge in [-0.15, -0.1) is 0 Å². The Hall–Kier alpha value is -2.39. The van der Waals surface area contributed by atoms with Gasteiger partial charge in [0.15, 0.2) is 0 Å². The number of carbonyl (C=O) groups is 1. The molecule has 0 bridgehead atoms. The van der Waals surface area contributed by atoms with Crippen LogP contribution in [-0.2, 0) is 4.79 Å². The van der Waals surface area contributed by atoms with Crippen LogP contribution in [0.5, 0.6) is 0 Å². The Labute approximate surface area is 158 Å². The van der Waals surface area contributed by atoms with E-state index >= 15 is 0 Å². The summed E-state index contributed by atoms with van der Waals surface area (Å²) in [5.74, 6) is 0.697. The lowest BCUT2D eigenvalue weighted by Gasteiger charge is -2.28. The molecule has 1 heterocycles. The average Bonchev–Trinajstić information content (AvgIpc) is 2.69. The number of rotatable bonds is 3. The predicted molar refractivity (Wildman–Crippen MR) is 107 cm³/mol. The van der Waals surface area contributed by atoms with Gasteiger partial charge in [0.2, 0.25) is 5.91 Å². The second kappa shape index (κ2) is 7.46. The quantitative estimate of drug-likeness (QED) is 0.638. The van der Waals surface area contributed by atoms with Gasteiger partial charge in [0.05, 0.1) is 5.52 Å². The molecular weight excluding hydrogens is 344 g/mol. The molecule has 0 atom stereocenters. The van der Waals surface area contributed by atoms with Crippen LogP contribution < -0.4 is 5.32 Å². The molecule has 0 aliphatic heterocycles. The molecule has 1 saturated carbocycles. The third-order valence-electron chi connectivity index (χ3n) is 5.33. The molecule has 1 amide bonds. The summed E-state index contributed by atoms with van der Waals surface area (Å²) in [6.07, 6.45) is 5.80. The average molecular weight is 365 g/mol. The summed E-state index contributed by atoms with van der Waals surface area (Å²) in [6, 6.07) is 17.7. The number of hydrogen-bond donors (Lipinski definition) is 1. The van der Waals surface area contributed by atoms with Crippen LogP contribution in [0.4, 0.5) is 5.69 Å². The molecular formula is C22H21ClN2O. The lowest BCUT2D eigenvalue weighted by atomic mass is 9.77. The van der Waals surface area contributed by atoms with Crippen LogP contribution in [0.1, 0.15) is 37.2 Å². The number of nitrogens with zero attached hydrogens (tertiary/aromatic N) is 1. The molecule has 4 heteroatoms. The molecule has 0 saturated heterocycles. The van der Waals surface area contributed by atoms with Gasteiger partial charge in [-0.25, -0.2) is 0 Å². The Morgan fingerprint density at radius 1 is 0.962 bits per heavy atom. The van der Waals surface area contributed by atoms with Crippen LogP contribution in [-0.4, -0.2) is 10.9 Å². The molecule has 0 unspecified atom stereocenters. The Morgan fingerprint density at radius 3 is 2.46 bits per heavy atom. The maximum absolute atomic E-state index is 12.6. The van der Waals surface area contributed by atoms with E-state index in [1.165, 1.54) is 10.9 Å². The first-order chi connectivity index (χ1) is 12.7. The zero-order valence-electron chi connectivity index (χ0n) is 14.5. The third kappa shape index (κ3) is 3.58. The van der Waals surface area contributed by atoms with Crippen molar-refractivity contribution in [3.8, 4) is 0 Å². The summed E-state index contributed by atoms with van der Waals surface area (Å²) < 4.78 is 0. The van der Waals surface area contributed by atoms with Crippen molar-refractivity contribution in [2.75, 3.05) is 5.32 Å². The second-order valence-corrected chi connectivity index (χ2v) is 7.40. The van der Waals surface area contributed by atoms with E-state index in [-0.39, 0.29) is 11.8 Å². The van der Waals surface area contributed by atoms with Gasteiger partial charge in [-0.05, 0) is 73.6 Å². The first-order valence-corrected chi connectivity index (χ1v) is 9.48. The first-order valence-electron chi connectivity index (χ1n) is 9.11. The minimum absolute atomic E-state index is 0.0787. The molecule has 3 aromatic rings. The zero-order valence-corrected chi connectivity index (χ0v) is 15.2. The van der Waals surface area contributed by atoms with Crippen molar-refractivity contribution in [1.29, 1.82) is 0 Å². The van der Waals surface area contributed by atoms with Gasteiger partial charge >= 0.3 is 0 Å². The standard InChI is InChI=1S/C22H21ClN2O/c23-17-9-11-18(12-10-17)25-22(26)16-7-5-15(6-8-16)19-13-14-24-21-4-2-1-3-20(19)21/h1-4,9-16H,5-8H2,(H,25,26). The van der Waals surface area contributed by atoms with Crippen LogP contribution in [0.2, 0.25) is 5.02 Å². The van der Waals surface area contributed by atoms with Crippen LogP contribution in [0.15, 0.2) is 60.8 Å². The summed E-state index contributed by atoms with van der Waals surface area (Å²) in [6.45, 7) is 0. The molecule has 1 fully saturated rings. The molecule has 0 spiro atoms. The molecule has 132 valence electrons. The maximum atomic E-state index is 12.6. The SMILES string of the molecule is O=C(Nc1ccc(Cl)cc1)C1CCC(c2ccnc3ccccc23)CC1. The van der Waals surface area contributed by atoms with Crippen molar-refractivity contribution in [3.63, 3.8) is 0 Å². The lowest BCUT2D eigenvalue weighted by Crippen LogP contribution is -2.26. The summed E-state index contributed by atoms with van der Waals surface area (Å²) in [4.78, 5) is 17.0. The Kier molecular flexibility index (Phi) is 4.89. The minimum atomic E-state index is 0.0787. The number of fused-ring (bicyclic) bond motifs is 1. The molecule has 2 aromatic carbocycles. The highest BCUT2D eigenvalue weighted by Gasteiger charge is 2.28. The van der Waals surface area contributed by atoms with Crippen molar-refractivity contribution in [3.05, 3.63) is 71.4 Å². The summed E-state index contributed by atoms with van der Waals surface area (Å²) in [5.41, 5.74) is 3.22. The number of aromatic nitrogens is 1. The van der Waals surface area contributed by atoms with Crippen molar-refractivity contribution >= 4 is 34.1 Å². The number of hydrogen-bond acceptors (Lipinski definition) is 2. The lowest BCUT2D eigenvalue weighted by molar-refractivity contribution is -0.120. The monoisotopic (exact) mass is 364 g/mol. The van der Waals surface area contributed by atoms with E-state index in [4.69, 9.17) is 11.6 Å². The second-order valence-electron chi connectivity index (χ2n) is 6.96. The Balaban J connectivity index is 1.42. The fourth-order valence-electron chi connectivity index (χ4n) is 3.92. The maximum Gasteiger partial charge on any atom is 0.227 e. The first kappa shape index (κ1) is 17.0. The van der Waals surface area contributed by atoms with Crippen LogP contribution >= 0.6 is 11.6 Å². The number of nitrogens with one attached hydrogen (secondary N) is 1. The topological polar surface area (TPSA) is 42.0 Å². The van der Waals surface area contributed by atoms with Crippen molar-refractivity contribution < 1.29 is 4.79 Å². The fraction of sp³-hybridized carbons (Fsp3) is 0.273. The Morgan fingerprint density at radius 2 is 1.69 bits per heavy atom. The van der Waals surface area contributed by atoms with Gasteiger partial charge in [0, 0.05) is 28.2 Å². The molecule has 4 rings (SSSR count). The predicted octanol–water partition coefficient (Wildman–Crippen LogP) is 5.80. The van der Waals surface area contributed by atoms with Gasteiger partial charge in [0.25, 0.3) is 0 Å². The number of halogens is 1. The highest BCUT2D eigenvalue weighted by molar-refractivity contribution is 6.30. The van der Waals surface area contributed by atoms with E-state index in [9.17, 15) is 4.79 Å². The van der Waals surface area contributed by atoms with Crippen molar-refractivity contribution in [2.24, 2.45) is 5.92 Å². The van der Waals surface area contributed by atoms with Crippen LogP contribution in [0, 0.1) is 5.92 Å². The molecule has 0 radical (unpaired) electrons. The van der Waals surface area contributed by atoms with Gasteiger partial charge in [-0.2, -0.15) is 0 Å². The highest BCUT2D eigenvalue weighted by atomic mass is 35.5. The van der Waals surface area contributed by atoms with Gasteiger partial charge in [-0.1, -0.05) is 29.8 Å².